The lowest BCUT2D eigenvalue weighted by Crippen LogP contribution is -2.21. The van der Waals surface area contributed by atoms with Crippen LogP contribution in [0.2, 0.25) is 0 Å². The first-order chi connectivity index (χ1) is 27.6. The summed E-state index contributed by atoms with van der Waals surface area (Å²) in [6.45, 7) is 0. The monoisotopic (exact) mass is 800 g/mol. The van der Waals surface area contributed by atoms with Crippen LogP contribution >= 0.6 is 0 Å². The lowest BCUT2D eigenvalue weighted by Gasteiger charge is -2.15. The third-order valence-electron chi connectivity index (χ3n) is 12.0. The number of nitrogens with zero attached hydrogens (tertiary/aromatic N) is 2. The van der Waals surface area contributed by atoms with Crippen molar-refractivity contribution in [3.63, 3.8) is 0 Å². The van der Waals surface area contributed by atoms with E-state index in [1.165, 1.54) is 38.4 Å². The second kappa shape index (κ2) is 16.1. The van der Waals surface area contributed by atoms with E-state index in [0.717, 1.165) is 0 Å². The zero-order valence-electron chi connectivity index (χ0n) is 31.9. The summed E-state index contributed by atoms with van der Waals surface area (Å²) in [6, 6.07) is 23.4. The van der Waals surface area contributed by atoms with Gasteiger partial charge in [0, 0.05) is 63.7 Å². The molecule has 304 valence electrons. The zero-order valence-corrected chi connectivity index (χ0v) is 31.9. The number of halogens is 4. The number of nitrogens with one attached hydrogen (secondary N) is 2. The molecular weight excluding hydrogens is 756 g/mol. The van der Waals surface area contributed by atoms with Gasteiger partial charge in [0.2, 0.25) is 11.8 Å². The molecule has 2 heterocycles. The van der Waals surface area contributed by atoms with Gasteiger partial charge in [0.25, 0.3) is 11.8 Å². The van der Waals surface area contributed by atoms with Gasteiger partial charge in [-0.15, -0.1) is 0 Å². The number of aliphatic hydroxyl groups is 2. The molecule has 2 amide bonds. The maximum absolute atomic E-state index is 13.4. The maximum atomic E-state index is 13.4. The molecular formula is C44H44F4N4O6. The molecule has 4 unspecified atom stereocenters. The first-order valence-corrected chi connectivity index (χ1v) is 19.3. The highest BCUT2D eigenvalue weighted by molar-refractivity contribution is 6.01. The average Bonchev–Trinajstić information content (AvgIpc) is 3.92. The summed E-state index contributed by atoms with van der Waals surface area (Å²) in [7, 11) is 2.91. The number of carbonyl (C=O) groups is 4. The minimum atomic E-state index is -2.61. The van der Waals surface area contributed by atoms with Gasteiger partial charge in [-0.2, -0.15) is 0 Å². The van der Waals surface area contributed by atoms with E-state index in [4.69, 9.17) is 0 Å². The molecule has 0 saturated heterocycles. The third kappa shape index (κ3) is 8.87. The van der Waals surface area contributed by atoms with Crippen molar-refractivity contribution in [1.82, 2.24) is 20.6 Å². The Morgan fingerprint density at radius 2 is 0.931 bits per heavy atom. The summed E-state index contributed by atoms with van der Waals surface area (Å²) in [5, 5.41) is 26.3. The fourth-order valence-electron chi connectivity index (χ4n) is 8.88. The highest BCUT2D eigenvalue weighted by Gasteiger charge is 2.63. The van der Waals surface area contributed by atoms with Crippen LogP contribution in [0.5, 0.6) is 0 Å². The standard InChI is InChI=1S/2C22H22F2N2O3/c2*1-25-21(29)18-8-13(7-17(26-18)20(28)12-5-3-2-4-6-12)19(27)9-14-15-10-22(23,24)11-16(14)15/h2*2-8,14-16,20,28H,9-11H2,1H3,(H,25,29)/t2*14?,15-,16+,20?. The molecule has 4 N–H and O–H groups in total. The molecule has 0 bridgehead atoms. The van der Waals surface area contributed by atoms with Crippen LogP contribution in [0.15, 0.2) is 84.9 Å². The Hall–Kier alpha value is -5.34. The smallest absolute Gasteiger partial charge is 0.269 e. The van der Waals surface area contributed by atoms with Gasteiger partial charge in [-0.25, -0.2) is 27.5 Å². The minimum Gasteiger partial charge on any atom is -0.382 e. The molecule has 4 fully saturated rings. The van der Waals surface area contributed by atoms with Crippen molar-refractivity contribution in [2.24, 2.45) is 35.5 Å². The van der Waals surface area contributed by atoms with Crippen molar-refractivity contribution in [3.8, 4) is 0 Å². The average molecular weight is 801 g/mol. The van der Waals surface area contributed by atoms with Crippen molar-refractivity contribution >= 4 is 23.4 Å². The molecule has 4 aliphatic rings. The molecule has 58 heavy (non-hydrogen) atoms. The fraction of sp³-hybridized carbons (Fsp3) is 0.409. The van der Waals surface area contributed by atoms with Crippen LogP contribution in [-0.2, 0) is 0 Å². The normalized spacial score (nSPS) is 25.2. The SMILES string of the molecule is CNC(=O)c1cc(C(=O)CC2[C@H]3CC(F)(F)C[C@@H]23)cc(C(O)c2ccccc2)n1.CNC(=O)c1cc(C(=O)CC2[C@H]3CC(F)(F)C[C@@H]23)cc(C(O)c2ccccc2)n1. The van der Waals surface area contributed by atoms with Crippen LogP contribution in [0.25, 0.3) is 0 Å². The van der Waals surface area contributed by atoms with Gasteiger partial charge in [-0.1, -0.05) is 60.7 Å². The number of benzene rings is 2. The number of carbonyl (C=O) groups excluding carboxylic acids is 4. The summed E-state index contributed by atoms with van der Waals surface area (Å²) >= 11 is 0. The van der Waals surface area contributed by atoms with Crippen LogP contribution < -0.4 is 10.6 Å². The molecule has 0 aliphatic heterocycles. The van der Waals surface area contributed by atoms with E-state index < -0.39 is 35.9 Å². The number of hydrogen-bond acceptors (Lipinski definition) is 8. The van der Waals surface area contributed by atoms with E-state index in [-0.39, 0.29) is 120 Å². The number of amides is 2. The van der Waals surface area contributed by atoms with Crippen molar-refractivity contribution in [3.05, 3.63) is 130 Å². The lowest BCUT2D eigenvalue weighted by atomic mass is 9.98. The third-order valence-corrected chi connectivity index (χ3v) is 12.0. The summed E-state index contributed by atoms with van der Waals surface area (Å²) in [6.07, 6.45) is -2.42. The molecule has 4 aliphatic carbocycles. The molecule has 4 aromatic rings. The first kappa shape index (κ1) is 40.8. The van der Waals surface area contributed by atoms with E-state index in [0.29, 0.717) is 11.1 Å². The van der Waals surface area contributed by atoms with Crippen molar-refractivity contribution in [2.75, 3.05) is 14.1 Å². The Labute approximate surface area is 332 Å². The van der Waals surface area contributed by atoms with E-state index >= 15 is 0 Å². The van der Waals surface area contributed by atoms with Gasteiger partial charge in [-0.3, -0.25) is 19.2 Å². The molecule has 2 aromatic carbocycles. The van der Waals surface area contributed by atoms with Crippen LogP contribution in [0.1, 0.15) is 115 Å². The topological polar surface area (TPSA) is 159 Å². The van der Waals surface area contributed by atoms with E-state index in [2.05, 4.69) is 20.6 Å². The quantitative estimate of drug-likeness (QED) is 0.0903. The highest BCUT2D eigenvalue weighted by Crippen LogP contribution is 2.65. The van der Waals surface area contributed by atoms with Crippen molar-refractivity contribution < 1.29 is 47.0 Å². The Morgan fingerprint density at radius 1 is 0.603 bits per heavy atom. The summed E-state index contributed by atoms with van der Waals surface area (Å²) < 4.78 is 53.5. The van der Waals surface area contributed by atoms with Crippen LogP contribution in [0, 0.1) is 35.5 Å². The van der Waals surface area contributed by atoms with E-state index in [1.807, 2.05) is 12.1 Å². The Kier molecular flexibility index (Phi) is 11.4. The number of alkyl halides is 4. The van der Waals surface area contributed by atoms with E-state index in [1.54, 1.807) is 48.5 Å². The lowest BCUT2D eigenvalue weighted by molar-refractivity contribution is -0.00905. The second-order valence-corrected chi connectivity index (χ2v) is 15.9. The van der Waals surface area contributed by atoms with Crippen LogP contribution in [-0.4, -0.2) is 69.5 Å². The van der Waals surface area contributed by atoms with Gasteiger partial charge >= 0.3 is 0 Å². The van der Waals surface area contributed by atoms with E-state index in [9.17, 15) is 47.0 Å². The maximum Gasteiger partial charge on any atom is 0.269 e. The minimum absolute atomic E-state index is 0.0266. The van der Waals surface area contributed by atoms with Gasteiger partial charge in [-0.05, 0) is 70.9 Å². The number of pyridine rings is 2. The summed E-state index contributed by atoms with van der Waals surface area (Å²) in [5.74, 6) is -7.02. The number of hydrogen-bond donors (Lipinski definition) is 4. The fourth-order valence-corrected chi connectivity index (χ4v) is 8.88. The first-order valence-electron chi connectivity index (χ1n) is 19.3. The Balaban J connectivity index is 0.000000177. The van der Waals surface area contributed by atoms with Crippen LogP contribution in [0.4, 0.5) is 17.6 Å². The largest absolute Gasteiger partial charge is 0.382 e. The van der Waals surface area contributed by atoms with Gasteiger partial charge in [0.1, 0.15) is 23.6 Å². The molecule has 2 aromatic heterocycles. The number of Topliss-reactive ketones (excluding diaryl/α,β-unsaturated/α-hetero) is 2. The summed E-state index contributed by atoms with van der Waals surface area (Å²) in [4.78, 5) is 58.3. The second-order valence-electron chi connectivity index (χ2n) is 15.9. The number of aliphatic hydroxyl groups excluding tert-OH is 2. The van der Waals surface area contributed by atoms with Gasteiger partial charge < -0.3 is 20.8 Å². The van der Waals surface area contributed by atoms with Crippen molar-refractivity contribution in [1.29, 1.82) is 0 Å². The van der Waals surface area contributed by atoms with Gasteiger partial charge in [0.05, 0.1) is 11.4 Å². The number of rotatable bonds is 12. The number of aromatic nitrogens is 2. The van der Waals surface area contributed by atoms with Crippen LogP contribution in [0.3, 0.4) is 0 Å². The Bertz CT molecular complexity index is 2020. The predicted molar refractivity (Wildman–Crippen MR) is 203 cm³/mol. The molecule has 0 spiro atoms. The molecule has 8 atom stereocenters. The molecule has 4 saturated carbocycles. The molecule has 14 heteroatoms. The van der Waals surface area contributed by atoms with Crippen molar-refractivity contribution in [2.45, 2.75) is 62.6 Å². The highest BCUT2D eigenvalue weighted by atomic mass is 19.3. The predicted octanol–water partition coefficient (Wildman–Crippen LogP) is 6.77. The van der Waals surface area contributed by atoms with Gasteiger partial charge in [0.15, 0.2) is 11.6 Å². The molecule has 10 nitrogen and oxygen atoms in total. The summed E-state index contributed by atoms with van der Waals surface area (Å²) in [5.41, 5.74) is 2.17. The number of fused-ring (bicyclic) bond motifs is 2. The molecule has 8 rings (SSSR count). The molecule has 0 radical (unpaired) electrons. The number of ketones is 2. The Morgan fingerprint density at radius 3 is 1.24 bits per heavy atom. The zero-order chi connectivity index (χ0) is 41.5.